The van der Waals surface area contributed by atoms with Crippen molar-refractivity contribution in [2.24, 2.45) is 0 Å². The first-order valence-corrected chi connectivity index (χ1v) is 12.8. The van der Waals surface area contributed by atoms with Gasteiger partial charge >= 0.3 is 6.18 Å². The number of amides is 2. The lowest BCUT2D eigenvalue weighted by Crippen LogP contribution is -2.58. The van der Waals surface area contributed by atoms with E-state index in [4.69, 9.17) is 14.6 Å². The topological polar surface area (TPSA) is 129 Å². The van der Waals surface area contributed by atoms with E-state index in [-0.39, 0.29) is 25.2 Å². The smallest absolute Gasteiger partial charge is 0.406 e. The number of aliphatic hydroxyl groups excluding tert-OH is 1. The van der Waals surface area contributed by atoms with Crippen LogP contribution in [-0.4, -0.2) is 79.0 Å². The number of rotatable bonds is 14. The molecule has 1 heterocycles. The van der Waals surface area contributed by atoms with E-state index in [1.165, 1.54) is 14.0 Å². The molecule has 2 aromatic rings. The zero-order valence-electron chi connectivity index (χ0n) is 22.5. The van der Waals surface area contributed by atoms with Gasteiger partial charge in [-0.1, -0.05) is 42.5 Å². The third-order valence-corrected chi connectivity index (χ3v) is 6.67. The second kappa shape index (κ2) is 13.2. The van der Waals surface area contributed by atoms with E-state index in [0.29, 0.717) is 11.3 Å². The summed E-state index contributed by atoms with van der Waals surface area (Å²) in [7, 11) is 1.49. The van der Waals surface area contributed by atoms with Crippen LogP contribution >= 0.6 is 0 Å². The van der Waals surface area contributed by atoms with Crippen LogP contribution in [0.25, 0.3) is 0 Å². The Morgan fingerprint density at radius 1 is 0.975 bits per heavy atom. The second-order valence-electron chi connectivity index (χ2n) is 9.91. The highest BCUT2D eigenvalue weighted by molar-refractivity contribution is 5.98. The summed E-state index contributed by atoms with van der Waals surface area (Å²) in [4.78, 5) is 39.6. The van der Waals surface area contributed by atoms with Crippen LogP contribution in [0.5, 0.6) is 5.75 Å². The number of methoxy groups -OCH3 is 1. The molecule has 5 atom stereocenters. The summed E-state index contributed by atoms with van der Waals surface area (Å²) in [6.45, 7) is 1.77. The number of hydrogen-bond donors (Lipinski definition) is 4. The molecule has 2 aromatic carbocycles. The number of hydrogen-bond acceptors (Lipinski definition) is 7. The molecule has 9 nitrogen and oxygen atoms in total. The van der Waals surface area contributed by atoms with E-state index in [0.717, 1.165) is 5.56 Å². The Morgan fingerprint density at radius 2 is 1.52 bits per heavy atom. The van der Waals surface area contributed by atoms with Crippen LogP contribution in [0.3, 0.4) is 0 Å². The highest BCUT2D eigenvalue weighted by Crippen LogP contribution is 2.29. The number of halogens is 3. The van der Waals surface area contributed by atoms with Gasteiger partial charge < -0.3 is 25.2 Å². The van der Waals surface area contributed by atoms with Gasteiger partial charge in [0.05, 0.1) is 32.4 Å². The van der Waals surface area contributed by atoms with Crippen molar-refractivity contribution in [1.82, 2.24) is 16.0 Å². The van der Waals surface area contributed by atoms with E-state index in [9.17, 15) is 27.6 Å². The van der Waals surface area contributed by atoms with Gasteiger partial charge in [0.15, 0.2) is 5.78 Å². The van der Waals surface area contributed by atoms with Gasteiger partial charge in [-0.15, -0.1) is 0 Å². The minimum atomic E-state index is -4.78. The minimum absolute atomic E-state index is 0.0169. The van der Waals surface area contributed by atoms with Crippen molar-refractivity contribution in [1.29, 1.82) is 0 Å². The molecular weight excluding hydrogens is 531 g/mol. The first-order chi connectivity index (χ1) is 18.9. The number of epoxide rings is 1. The van der Waals surface area contributed by atoms with Gasteiger partial charge in [-0.25, -0.2) is 0 Å². The quantitative estimate of drug-likeness (QED) is 0.257. The molecule has 1 saturated heterocycles. The summed E-state index contributed by atoms with van der Waals surface area (Å²) in [5, 5.41) is 16.4. The van der Waals surface area contributed by atoms with Crippen molar-refractivity contribution < 1.29 is 42.1 Å². The fourth-order valence-corrected chi connectivity index (χ4v) is 4.08. The van der Waals surface area contributed by atoms with Gasteiger partial charge in [0.25, 0.3) is 0 Å². The van der Waals surface area contributed by atoms with Crippen LogP contribution in [0.15, 0.2) is 54.6 Å². The van der Waals surface area contributed by atoms with Crippen LogP contribution in [0, 0.1) is 0 Å². The summed E-state index contributed by atoms with van der Waals surface area (Å²) in [6, 6.07) is 9.81. The molecule has 218 valence electrons. The summed E-state index contributed by atoms with van der Waals surface area (Å²) in [5.41, 5.74) is 0.395. The van der Waals surface area contributed by atoms with Crippen LogP contribution in [0.1, 0.15) is 25.0 Å². The van der Waals surface area contributed by atoms with Crippen molar-refractivity contribution in [3.8, 4) is 5.75 Å². The predicted octanol–water partition coefficient (Wildman–Crippen LogP) is 1.71. The Morgan fingerprint density at radius 3 is 2.05 bits per heavy atom. The zero-order valence-corrected chi connectivity index (χ0v) is 22.5. The van der Waals surface area contributed by atoms with Gasteiger partial charge in [0.1, 0.15) is 23.4 Å². The SMILES string of the molecule is COc1ccc(CC(NC(=O)C(C)NC(CO)C(F)(F)F)C(=O)NC(Cc2ccccc2)C(=O)C2(C)CO2)cc1. The maximum Gasteiger partial charge on any atom is 0.406 e. The van der Waals surface area contributed by atoms with E-state index in [1.54, 1.807) is 43.3 Å². The molecule has 0 aliphatic carbocycles. The number of alkyl halides is 3. The molecule has 2 amide bonds. The summed E-state index contributed by atoms with van der Waals surface area (Å²) < 4.78 is 49.8. The lowest BCUT2D eigenvalue weighted by Gasteiger charge is -2.27. The molecule has 0 radical (unpaired) electrons. The molecule has 0 aromatic heterocycles. The maximum atomic E-state index is 13.5. The molecule has 1 fully saturated rings. The zero-order chi connectivity index (χ0) is 29.5. The fraction of sp³-hybridized carbons (Fsp3) is 0.464. The van der Waals surface area contributed by atoms with Crippen molar-refractivity contribution >= 4 is 17.6 Å². The lowest BCUT2D eigenvalue weighted by molar-refractivity contribution is -0.166. The van der Waals surface area contributed by atoms with Gasteiger partial charge in [0, 0.05) is 6.42 Å². The molecule has 40 heavy (non-hydrogen) atoms. The van der Waals surface area contributed by atoms with Gasteiger partial charge in [-0.05, 0) is 43.5 Å². The number of Topliss-reactive ketones (excluding diaryl/α,β-unsaturated/α-hetero) is 1. The monoisotopic (exact) mass is 565 g/mol. The van der Waals surface area contributed by atoms with Crippen molar-refractivity contribution in [3.05, 3.63) is 65.7 Å². The molecular formula is C28H34F3N3O6. The fourth-order valence-electron chi connectivity index (χ4n) is 4.08. The molecule has 3 rings (SSSR count). The Hall–Kier alpha value is -3.48. The van der Waals surface area contributed by atoms with Gasteiger partial charge in [0.2, 0.25) is 11.8 Å². The van der Waals surface area contributed by atoms with E-state index in [2.05, 4.69) is 10.6 Å². The highest BCUT2D eigenvalue weighted by Gasteiger charge is 2.50. The number of benzene rings is 2. The molecule has 0 bridgehead atoms. The molecule has 12 heteroatoms. The minimum Gasteiger partial charge on any atom is -0.497 e. The second-order valence-corrected chi connectivity index (χ2v) is 9.91. The summed E-state index contributed by atoms with van der Waals surface area (Å²) >= 11 is 0. The van der Waals surface area contributed by atoms with Crippen LogP contribution in [0.4, 0.5) is 13.2 Å². The Labute approximate surface area is 230 Å². The number of carbonyl (C=O) groups excluding carboxylic acids is 3. The third-order valence-electron chi connectivity index (χ3n) is 6.67. The highest BCUT2D eigenvalue weighted by atomic mass is 19.4. The number of aliphatic hydroxyl groups is 1. The maximum absolute atomic E-state index is 13.5. The van der Waals surface area contributed by atoms with Crippen molar-refractivity contribution in [3.63, 3.8) is 0 Å². The molecule has 5 unspecified atom stereocenters. The lowest BCUT2D eigenvalue weighted by atomic mass is 9.94. The summed E-state index contributed by atoms with van der Waals surface area (Å²) in [5.74, 6) is -1.34. The van der Waals surface area contributed by atoms with E-state index >= 15 is 0 Å². The molecule has 0 spiro atoms. The molecule has 0 saturated carbocycles. The molecule has 4 N–H and O–H groups in total. The van der Waals surface area contributed by atoms with Crippen LogP contribution in [-0.2, 0) is 32.0 Å². The van der Waals surface area contributed by atoms with E-state index < -0.39 is 54.4 Å². The van der Waals surface area contributed by atoms with E-state index in [1.807, 2.05) is 23.5 Å². The Balaban J connectivity index is 1.81. The first kappa shape index (κ1) is 31.1. The normalized spacial score (nSPS) is 19.6. The van der Waals surface area contributed by atoms with Crippen LogP contribution in [0.2, 0.25) is 0 Å². The Kier molecular flexibility index (Phi) is 10.3. The van der Waals surface area contributed by atoms with Crippen molar-refractivity contribution in [2.75, 3.05) is 20.3 Å². The standard InChI is InChI=1S/C28H34F3N3O6/c1-17(32-23(15-35)28(29,30)31)25(37)34-22(14-19-9-11-20(39-3)12-10-19)26(38)33-21(24(36)27(2)16-40-27)13-18-7-5-4-6-8-18/h4-12,17,21-23,32,35H,13-16H2,1-3H3,(H,33,38)(H,34,37). The number of carbonyl (C=O) groups is 3. The average Bonchev–Trinajstić information content (AvgIpc) is 3.68. The average molecular weight is 566 g/mol. The number of ether oxygens (including phenoxy) is 2. The number of nitrogens with one attached hydrogen (secondary N) is 3. The van der Waals surface area contributed by atoms with Gasteiger partial charge in [-0.3, -0.25) is 19.7 Å². The molecule has 1 aliphatic heterocycles. The molecule has 1 aliphatic rings. The summed E-state index contributed by atoms with van der Waals surface area (Å²) in [6.07, 6.45) is -4.62. The predicted molar refractivity (Wildman–Crippen MR) is 140 cm³/mol. The number of ketones is 1. The third kappa shape index (κ3) is 8.51. The Bertz CT molecular complexity index is 1160. The largest absolute Gasteiger partial charge is 0.497 e. The van der Waals surface area contributed by atoms with Gasteiger partial charge in [-0.2, -0.15) is 13.2 Å². The first-order valence-electron chi connectivity index (χ1n) is 12.8. The van der Waals surface area contributed by atoms with Crippen molar-refractivity contribution in [2.45, 2.75) is 62.6 Å². The van der Waals surface area contributed by atoms with Crippen LogP contribution < -0.4 is 20.7 Å².